The molecule has 1 saturated heterocycles. The third-order valence-corrected chi connectivity index (χ3v) is 4.57. The van der Waals surface area contributed by atoms with Crippen LogP contribution in [0.5, 0.6) is 0 Å². The Morgan fingerprint density at radius 1 is 1.15 bits per heavy atom. The highest BCUT2D eigenvalue weighted by Crippen LogP contribution is 2.13. The van der Waals surface area contributed by atoms with Gasteiger partial charge in [-0.1, -0.05) is 42.5 Å². The molecular weight excluding hydrogens is 336 g/mol. The second-order valence-electron chi connectivity index (χ2n) is 7.13. The largest absolute Gasteiger partial charge is 0.383 e. The molecule has 0 bridgehead atoms. The standard InChI is InChI=1S/C22H28N4O/c1-18(2)24-20-10-11-23-21(17-20)22(27)26-15-13-25(14-16-26)12-6-9-19-7-4-3-5-8-19/h3-11,17-18H,12-16H2,1-2H3,(H,23,24)/b9-6+. The van der Waals surface area contributed by atoms with Crippen molar-refractivity contribution in [2.75, 3.05) is 38.0 Å². The number of anilines is 1. The van der Waals surface area contributed by atoms with Crippen molar-refractivity contribution in [3.63, 3.8) is 0 Å². The van der Waals surface area contributed by atoms with Crippen molar-refractivity contribution in [1.29, 1.82) is 0 Å². The maximum atomic E-state index is 12.7. The monoisotopic (exact) mass is 364 g/mol. The summed E-state index contributed by atoms with van der Waals surface area (Å²) >= 11 is 0. The minimum Gasteiger partial charge on any atom is -0.383 e. The molecular formula is C22H28N4O. The van der Waals surface area contributed by atoms with Gasteiger partial charge in [0, 0.05) is 50.6 Å². The van der Waals surface area contributed by atoms with Crippen molar-refractivity contribution in [1.82, 2.24) is 14.8 Å². The fourth-order valence-electron chi connectivity index (χ4n) is 3.17. The summed E-state index contributed by atoms with van der Waals surface area (Å²) in [6.07, 6.45) is 6.03. The minimum absolute atomic E-state index is 0.0156. The maximum absolute atomic E-state index is 12.7. The number of amides is 1. The molecule has 0 radical (unpaired) electrons. The first kappa shape index (κ1) is 19.1. The highest BCUT2D eigenvalue weighted by molar-refractivity contribution is 5.93. The van der Waals surface area contributed by atoms with Gasteiger partial charge in [-0.3, -0.25) is 14.7 Å². The zero-order valence-corrected chi connectivity index (χ0v) is 16.1. The zero-order chi connectivity index (χ0) is 19.1. The molecule has 1 amide bonds. The second-order valence-corrected chi connectivity index (χ2v) is 7.13. The Hall–Kier alpha value is -2.66. The third kappa shape index (κ3) is 5.66. The number of carbonyl (C=O) groups is 1. The van der Waals surface area contributed by atoms with Crippen LogP contribution in [0.3, 0.4) is 0 Å². The first-order valence-electron chi connectivity index (χ1n) is 9.57. The molecule has 3 rings (SSSR count). The number of piperazine rings is 1. The van der Waals surface area contributed by atoms with Crippen LogP contribution in [-0.2, 0) is 0 Å². The lowest BCUT2D eigenvalue weighted by Crippen LogP contribution is -2.48. The molecule has 1 aliphatic rings. The first-order chi connectivity index (χ1) is 13.1. The SMILES string of the molecule is CC(C)Nc1ccnc(C(=O)N2CCN(C/C=C/c3ccccc3)CC2)c1. The Balaban J connectivity index is 1.50. The van der Waals surface area contributed by atoms with Crippen LogP contribution in [0.15, 0.2) is 54.7 Å². The van der Waals surface area contributed by atoms with Gasteiger partial charge < -0.3 is 10.2 Å². The quantitative estimate of drug-likeness (QED) is 0.854. The van der Waals surface area contributed by atoms with Gasteiger partial charge in [0.25, 0.3) is 5.91 Å². The molecule has 0 spiro atoms. The van der Waals surface area contributed by atoms with E-state index in [1.807, 2.05) is 35.2 Å². The van der Waals surface area contributed by atoms with Crippen LogP contribution in [-0.4, -0.2) is 59.5 Å². The molecule has 1 N–H and O–H groups in total. The normalized spacial score (nSPS) is 15.4. The lowest BCUT2D eigenvalue weighted by atomic mass is 10.2. The number of aromatic nitrogens is 1. The fourth-order valence-corrected chi connectivity index (χ4v) is 3.17. The van der Waals surface area contributed by atoms with Crippen LogP contribution >= 0.6 is 0 Å². The van der Waals surface area contributed by atoms with Gasteiger partial charge >= 0.3 is 0 Å². The molecule has 1 fully saturated rings. The van der Waals surface area contributed by atoms with Crippen molar-refractivity contribution in [2.24, 2.45) is 0 Å². The van der Waals surface area contributed by atoms with E-state index in [0.29, 0.717) is 11.7 Å². The van der Waals surface area contributed by atoms with Gasteiger partial charge in [0.15, 0.2) is 0 Å². The van der Waals surface area contributed by atoms with Crippen LogP contribution in [0.4, 0.5) is 5.69 Å². The number of benzene rings is 1. The van der Waals surface area contributed by atoms with Crippen LogP contribution in [0, 0.1) is 0 Å². The summed E-state index contributed by atoms with van der Waals surface area (Å²) < 4.78 is 0. The van der Waals surface area contributed by atoms with E-state index in [4.69, 9.17) is 0 Å². The summed E-state index contributed by atoms with van der Waals surface area (Å²) in [6.45, 7) is 8.30. The molecule has 0 atom stereocenters. The van der Waals surface area contributed by atoms with E-state index in [1.165, 1.54) is 5.56 Å². The molecule has 1 aromatic heterocycles. The van der Waals surface area contributed by atoms with E-state index in [0.717, 1.165) is 38.4 Å². The average Bonchev–Trinajstić information content (AvgIpc) is 2.68. The molecule has 2 aromatic rings. The van der Waals surface area contributed by atoms with Crippen LogP contribution in [0.1, 0.15) is 29.9 Å². The fraction of sp³-hybridized carbons (Fsp3) is 0.364. The molecule has 5 heteroatoms. The molecule has 5 nitrogen and oxygen atoms in total. The van der Waals surface area contributed by atoms with Crippen molar-refractivity contribution in [3.8, 4) is 0 Å². The van der Waals surface area contributed by atoms with Crippen molar-refractivity contribution >= 4 is 17.7 Å². The van der Waals surface area contributed by atoms with Crippen molar-refractivity contribution in [3.05, 3.63) is 66.0 Å². The molecule has 1 aliphatic heterocycles. The maximum Gasteiger partial charge on any atom is 0.272 e. The summed E-state index contributed by atoms with van der Waals surface area (Å²) in [7, 11) is 0. The van der Waals surface area contributed by atoms with E-state index < -0.39 is 0 Å². The average molecular weight is 364 g/mol. The number of nitrogens with one attached hydrogen (secondary N) is 1. The number of pyridine rings is 1. The van der Waals surface area contributed by atoms with Crippen LogP contribution < -0.4 is 5.32 Å². The van der Waals surface area contributed by atoms with E-state index in [1.54, 1.807) is 6.20 Å². The molecule has 27 heavy (non-hydrogen) atoms. The Labute approximate surface area is 161 Å². The number of rotatable bonds is 6. The van der Waals surface area contributed by atoms with E-state index >= 15 is 0 Å². The molecule has 0 saturated carbocycles. The van der Waals surface area contributed by atoms with Gasteiger partial charge in [0.1, 0.15) is 5.69 Å². The number of hydrogen-bond donors (Lipinski definition) is 1. The summed E-state index contributed by atoms with van der Waals surface area (Å²) in [6, 6.07) is 14.4. The highest BCUT2D eigenvalue weighted by Gasteiger charge is 2.22. The lowest BCUT2D eigenvalue weighted by molar-refractivity contribution is 0.0644. The molecule has 2 heterocycles. The van der Waals surface area contributed by atoms with E-state index in [-0.39, 0.29) is 5.91 Å². The van der Waals surface area contributed by atoms with E-state index in [2.05, 4.69) is 53.3 Å². The summed E-state index contributed by atoms with van der Waals surface area (Å²) in [5.74, 6) is 0.0156. The number of hydrogen-bond acceptors (Lipinski definition) is 4. The van der Waals surface area contributed by atoms with Gasteiger partial charge in [-0.25, -0.2) is 0 Å². The third-order valence-electron chi connectivity index (χ3n) is 4.57. The van der Waals surface area contributed by atoms with Gasteiger partial charge in [0.2, 0.25) is 0 Å². The van der Waals surface area contributed by atoms with Crippen LogP contribution in [0.25, 0.3) is 6.08 Å². The first-order valence-corrected chi connectivity index (χ1v) is 9.57. The lowest BCUT2D eigenvalue weighted by Gasteiger charge is -2.34. The minimum atomic E-state index is 0.0156. The van der Waals surface area contributed by atoms with Gasteiger partial charge in [-0.05, 0) is 31.5 Å². The van der Waals surface area contributed by atoms with Crippen molar-refractivity contribution < 1.29 is 4.79 Å². The molecule has 142 valence electrons. The predicted molar refractivity (Wildman–Crippen MR) is 111 cm³/mol. The number of carbonyl (C=O) groups excluding carboxylic acids is 1. The van der Waals surface area contributed by atoms with Gasteiger partial charge in [-0.15, -0.1) is 0 Å². The second kappa shape index (κ2) is 9.33. The molecule has 1 aromatic carbocycles. The van der Waals surface area contributed by atoms with Gasteiger partial charge in [-0.2, -0.15) is 0 Å². The summed E-state index contributed by atoms with van der Waals surface area (Å²) in [4.78, 5) is 21.3. The summed E-state index contributed by atoms with van der Waals surface area (Å²) in [5.41, 5.74) is 2.67. The zero-order valence-electron chi connectivity index (χ0n) is 16.1. The predicted octanol–water partition coefficient (Wildman–Crippen LogP) is 3.37. The summed E-state index contributed by atoms with van der Waals surface area (Å²) in [5, 5.41) is 3.32. The molecule has 0 aliphatic carbocycles. The van der Waals surface area contributed by atoms with Gasteiger partial charge in [0.05, 0.1) is 0 Å². The molecule has 0 unspecified atom stereocenters. The highest BCUT2D eigenvalue weighted by atomic mass is 16.2. The Morgan fingerprint density at radius 2 is 1.89 bits per heavy atom. The smallest absolute Gasteiger partial charge is 0.272 e. The Bertz CT molecular complexity index is 765. The van der Waals surface area contributed by atoms with E-state index in [9.17, 15) is 4.79 Å². The van der Waals surface area contributed by atoms with Crippen molar-refractivity contribution in [2.45, 2.75) is 19.9 Å². The Kier molecular flexibility index (Phi) is 6.60. The Morgan fingerprint density at radius 3 is 2.59 bits per heavy atom. The number of nitrogens with zero attached hydrogens (tertiary/aromatic N) is 3. The topological polar surface area (TPSA) is 48.5 Å². The van der Waals surface area contributed by atoms with Crippen LogP contribution in [0.2, 0.25) is 0 Å².